The largest absolute Gasteiger partial charge is 0.494 e. The van der Waals surface area contributed by atoms with Crippen molar-refractivity contribution in [3.63, 3.8) is 0 Å². The molecular formula is C32H38O8. The highest BCUT2D eigenvalue weighted by molar-refractivity contribution is 6.20. The second kappa shape index (κ2) is 16.0. The van der Waals surface area contributed by atoms with Crippen LogP contribution in [0.25, 0.3) is 12.2 Å². The van der Waals surface area contributed by atoms with Crippen molar-refractivity contribution in [2.45, 2.75) is 66.6 Å². The first-order valence-electron chi connectivity index (χ1n) is 13.3. The van der Waals surface area contributed by atoms with Crippen LogP contribution in [0.3, 0.4) is 0 Å². The topological polar surface area (TPSA) is 105 Å². The third-order valence-corrected chi connectivity index (χ3v) is 5.34. The van der Waals surface area contributed by atoms with Gasteiger partial charge in [-0.25, -0.2) is 9.59 Å². The van der Waals surface area contributed by atoms with Gasteiger partial charge in [0.05, 0.1) is 25.4 Å². The van der Waals surface area contributed by atoms with E-state index in [-0.39, 0.29) is 34.9 Å². The molecule has 0 aliphatic heterocycles. The van der Waals surface area contributed by atoms with Gasteiger partial charge in [-0.3, -0.25) is 9.59 Å². The van der Waals surface area contributed by atoms with E-state index in [0.717, 1.165) is 12.8 Å². The second-order valence-electron chi connectivity index (χ2n) is 9.68. The monoisotopic (exact) mass is 550 g/mol. The van der Waals surface area contributed by atoms with Crippen LogP contribution in [-0.2, 0) is 28.7 Å². The highest BCUT2D eigenvalue weighted by atomic mass is 16.5. The number of ketones is 2. The molecule has 0 radical (unpaired) electrons. The van der Waals surface area contributed by atoms with Gasteiger partial charge in [0.25, 0.3) is 0 Å². The quantitative estimate of drug-likeness (QED) is 0.0905. The summed E-state index contributed by atoms with van der Waals surface area (Å²) in [6.07, 6.45) is 3.96. The highest BCUT2D eigenvalue weighted by Gasteiger charge is 2.18. The lowest BCUT2D eigenvalue weighted by Crippen LogP contribution is -2.17. The maximum Gasteiger partial charge on any atom is 0.342 e. The lowest BCUT2D eigenvalue weighted by Gasteiger charge is -2.10. The SMILES string of the molecule is CC(=O)/C(=C/c1ccc(OCCCCOc2ccc(/C=C(/C(C)=O)C(=O)OC(C)C)cc2)cc1)C(=O)OC(C)C. The van der Waals surface area contributed by atoms with Crippen LogP contribution in [0.2, 0.25) is 0 Å². The second-order valence-corrected chi connectivity index (χ2v) is 9.68. The average molecular weight is 551 g/mol. The minimum absolute atomic E-state index is 0.000578. The molecular weight excluding hydrogens is 512 g/mol. The van der Waals surface area contributed by atoms with E-state index in [1.165, 1.54) is 26.0 Å². The van der Waals surface area contributed by atoms with E-state index in [1.54, 1.807) is 76.2 Å². The Morgan fingerprint density at radius 3 is 1.20 bits per heavy atom. The number of benzene rings is 2. The lowest BCUT2D eigenvalue weighted by molar-refractivity contribution is -0.145. The number of carbonyl (C=O) groups is 4. The van der Waals surface area contributed by atoms with E-state index in [0.29, 0.717) is 35.8 Å². The molecule has 40 heavy (non-hydrogen) atoms. The first-order valence-corrected chi connectivity index (χ1v) is 13.3. The van der Waals surface area contributed by atoms with Crippen molar-refractivity contribution >= 4 is 35.7 Å². The molecule has 2 aromatic carbocycles. The molecule has 0 saturated carbocycles. The Hall–Kier alpha value is -4.20. The summed E-state index contributed by atoms with van der Waals surface area (Å²) in [5.74, 6) is -0.623. The van der Waals surface area contributed by atoms with Crippen LogP contribution in [0.5, 0.6) is 11.5 Å². The number of carbonyl (C=O) groups excluding carboxylic acids is 4. The molecule has 0 heterocycles. The third-order valence-electron chi connectivity index (χ3n) is 5.34. The summed E-state index contributed by atoms with van der Waals surface area (Å²) in [6.45, 7) is 10.6. The summed E-state index contributed by atoms with van der Waals surface area (Å²) in [5, 5.41) is 0. The predicted molar refractivity (Wildman–Crippen MR) is 153 cm³/mol. The zero-order valence-electron chi connectivity index (χ0n) is 24.0. The normalized spacial score (nSPS) is 11.8. The van der Waals surface area contributed by atoms with Crippen molar-refractivity contribution in [2.75, 3.05) is 13.2 Å². The Labute approximate surface area is 236 Å². The fourth-order valence-corrected chi connectivity index (χ4v) is 3.40. The average Bonchev–Trinajstić information content (AvgIpc) is 2.88. The van der Waals surface area contributed by atoms with Gasteiger partial charge >= 0.3 is 11.9 Å². The Balaban J connectivity index is 1.79. The molecule has 8 nitrogen and oxygen atoms in total. The molecule has 0 aromatic heterocycles. The summed E-state index contributed by atoms with van der Waals surface area (Å²) in [5.41, 5.74) is 1.39. The van der Waals surface area contributed by atoms with Crippen molar-refractivity contribution in [1.29, 1.82) is 0 Å². The van der Waals surface area contributed by atoms with Crippen LogP contribution < -0.4 is 9.47 Å². The molecule has 2 aromatic rings. The molecule has 0 N–H and O–H groups in total. The van der Waals surface area contributed by atoms with E-state index < -0.39 is 11.9 Å². The van der Waals surface area contributed by atoms with Crippen LogP contribution in [0.4, 0.5) is 0 Å². The Bertz CT molecular complexity index is 1120. The summed E-state index contributed by atoms with van der Waals surface area (Å²) in [7, 11) is 0. The third kappa shape index (κ3) is 11.3. The molecule has 0 aliphatic rings. The predicted octanol–water partition coefficient (Wildman–Crippen LogP) is 5.77. The van der Waals surface area contributed by atoms with Crippen molar-refractivity contribution in [2.24, 2.45) is 0 Å². The van der Waals surface area contributed by atoms with Gasteiger partial charge in [0.1, 0.15) is 22.6 Å². The summed E-state index contributed by atoms with van der Waals surface area (Å²) < 4.78 is 21.8. The zero-order chi connectivity index (χ0) is 29.7. The first kappa shape index (κ1) is 32.0. The number of rotatable bonds is 15. The van der Waals surface area contributed by atoms with Crippen LogP contribution in [0.15, 0.2) is 59.7 Å². The number of esters is 2. The summed E-state index contributed by atoms with van der Waals surface area (Å²) >= 11 is 0. The van der Waals surface area contributed by atoms with Gasteiger partial charge in [-0.05, 0) is 102 Å². The maximum absolute atomic E-state index is 12.1. The number of hydrogen-bond acceptors (Lipinski definition) is 8. The van der Waals surface area contributed by atoms with Crippen LogP contribution in [0, 0.1) is 0 Å². The minimum atomic E-state index is -0.636. The molecule has 0 fully saturated rings. The van der Waals surface area contributed by atoms with Gasteiger partial charge in [0, 0.05) is 0 Å². The van der Waals surface area contributed by atoms with Crippen LogP contribution in [-0.4, -0.2) is 48.9 Å². The van der Waals surface area contributed by atoms with E-state index in [4.69, 9.17) is 18.9 Å². The molecule has 0 atom stereocenters. The zero-order valence-corrected chi connectivity index (χ0v) is 24.0. The van der Waals surface area contributed by atoms with E-state index in [2.05, 4.69) is 0 Å². The van der Waals surface area contributed by atoms with Crippen molar-refractivity contribution < 1.29 is 38.1 Å². The van der Waals surface area contributed by atoms with Gasteiger partial charge in [-0.2, -0.15) is 0 Å². The Morgan fingerprint density at radius 2 is 0.925 bits per heavy atom. The van der Waals surface area contributed by atoms with E-state index >= 15 is 0 Å². The number of hydrogen-bond donors (Lipinski definition) is 0. The van der Waals surface area contributed by atoms with E-state index in [9.17, 15) is 19.2 Å². The number of unbranched alkanes of at least 4 members (excludes halogenated alkanes) is 1. The molecule has 0 bridgehead atoms. The molecule has 0 unspecified atom stereocenters. The standard InChI is InChI=1S/C32H38O8/c1-21(2)39-31(35)29(23(5)33)19-25-9-13-27(14-10-25)37-17-7-8-18-38-28-15-11-26(12-16-28)20-30(24(6)34)32(36)40-22(3)4/h9-16,19-22H,7-8,17-18H2,1-6H3/b29-19-,30-20-. The van der Waals surface area contributed by atoms with Gasteiger partial charge in [-0.15, -0.1) is 0 Å². The summed E-state index contributed by atoms with van der Waals surface area (Å²) in [4.78, 5) is 48.0. The molecule has 8 heteroatoms. The molecule has 0 amide bonds. The van der Waals surface area contributed by atoms with Gasteiger partial charge in [0.15, 0.2) is 11.6 Å². The van der Waals surface area contributed by atoms with Gasteiger partial charge < -0.3 is 18.9 Å². The minimum Gasteiger partial charge on any atom is -0.494 e. The van der Waals surface area contributed by atoms with Crippen molar-refractivity contribution in [3.05, 3.63) is 70.8 Å². The lowest BCUT2D eigenvalue weighted by atomic mass is 10.1. The smallest absolute Gasteiger partial charge is 0.342 e. The molecule has 0 aliphatic carbocycles. The van der Waals surface area contributed by atoms with Crippen molar-refractivity contribution in [3.8, 4) is 11.5 Å². The molecule has 0 saturated heterocycles. The number of Topliss-reactive ketones (excluding diaryl/α,β-unsaturated/α-hetero) is 2. The maximum atomic E-state index is 12.1. The fraction of sp³-hybridized carbons (Fsp3) is 0.375. The fourth-order valence-electron chi connectivity index (χ4n) is 3.40. The van der Waals surface area contributed by atoms with Gasteiger partial charge in [-0.1, -0.05) is 24.3 Å². The highest BCUT2D eigenvalue weighted by Crippen LogP contribution is 2.18. The molecule has 2 rings (SSSR count). The van der Waals surface area contributed by atoms with Crippen molar-refractivity contribution in [1.82, 2.24) is 0 Å². The number of ether oxygens (including phenoxy) is 4. The Kier molecular flexibility index (Phi) is 12.8. The summed E-state index contributed by atoms with van der Waals surface area (Å²) in [6, 6.07) is 14.2. The van der Waals surface area contributed by atoms with Crippen LogP contribution >= 0.6 is 0 Å². The molecule has 214 valence electrons. The first-order chi connectivity index (χ1) is 19.0. The molecule has 0 spiro atoms. The van der Waals surface area contributed by atoms with Crippen LogP contribution in [0.1, 0.15) is 65.5 Å². The van der Waals surface area contributed by atoms with Gasteiger partial charge in [0.2, 0.25) is 0 Å². The Morgan fingerprint density at radius 1 is 0.600 bits per heavy atom. The van der Waals surface area contributed by atoms with E-state index in [1.807, 2.05) is 0 Å².